The van der Waals surface area contributed by atoms with Crippen LogP contribution in [0.3, 0.4) is 0 Å². The fourth-order valence-corrected chi connectivity index (χ4v) is 4.42. The van der Waals surface area contributed by atoms with Gasteiger partial charge in [0.05, 0.1) is 5.92 Å². The largest absolute Gasteiger partial charge is 0.481 e. The number of benzene rings is 2. The first-order valence-corrected chi connectivity index (χ1v) is 10.0. The van der Waals surface area contributed by atoms with Gasteiger partial charge in [0.15, 0.2) is 0 Å². The first kappa shape index (κ1) is 19.5. The van der Waals surface area contributed by atoms with Crippen LogP contribution < -0.4 is 5.32 Å². The van der Waals surface area contributed by atoms with Crippen molar-refractivity contribution in [1.82, 2.24) is 5.32 Å². The lowest BCUT2D eigenvalue weighted by Crippen LogP contribution is -2.39. The van der Waals surface area contributed by atoms with Crippen molar-refractivity contribution < 1.29 is 24.2 Å². The van der Waals surface area contributed by atoms with E-state index in [1.807, 2.05) is 24.3 Å². The maximum Gasteiger partial charge on any atom is 0.407 e. The third kappa shape index (κ3) is 4.12. The van der Waals surface area contributed by atoms with Gasteiger partial charge < -0.3 is 19.9 Å². The molecule has 0 radical (unpaired) electrons. The lowest BCUT2D eigenvalue weighted by atomic mass is 9.86. The van der Waals surface area contributed by atoms with Crippen LogP contribution in [-0.2, 0) is 14.3 Å². The summed E-state index contributed by atoms with van der Waals surface area (Å²) in [6.07, 6.45) is 0.817. The number of alkyl carbamates (subject to hydrolysis) is 1. The highest BCUT2D eigenvalue weighted by molar-refractivity contribution is 5.79. The fourth-order valence-electron chi connectivity index (χ4n) is 4.42. The molecule has 152 valence electrons. The number of carboxylic acids is 1. The Balaban J connectivity index is 1.37. The van der Waals surface area contributed by atoms with Crippen LogP contribution in [0.25, 0.3) is 11.1 Å². The maximum atomic E-state index is 12.3. The minimum absolute atomic E-state index is 0.00939. The Morgan fingerprint density at radius 2 is 1.62 bits per heavy atom. The number of amides is 1. The molecule has 0 aromatic heterocycles. The van der Waals surface area contributed by atoms with Crippen LogP contribution in [0.15, 0.2) is 48.5 Å². The zero-order valence-electron chi connectivity index (χ0n) is 16.2. The molecule has 4 rings (SSSR count). The van der Waals surface area contributed by atoms with Gasteiger partial charge in [0.25, 0.3) is 0 Å². The van der Waals surface area contributed by atoms with Crippen molar-refractivity contribution >= 4 is 12.1 Å². The van der Waals surface area contributed by atoms with Gasteiger partial charge in [-0.3, -0.25) is 4.79 Å². The van der Waals surface area contributed by atoms with E-state index in [2.05, 4.69) is 29.6 Å². The molecular weight excluding hydrogens is 370 g/mol. The highest BCUT2D eigenvalue weighted by atomic mass is 16.5. The maximum absolute atomic E-state index is 12.3. The standard InChI is InChI=1S/C23H25NO5/c25-22(26)20(15-9-11-28-12-10-15)13-24-23(27)29-14-21-18-7-3-1-5-16(18)17-6-2-4-8-19(17)21/h1-8,15,20-21H,9-14H2,(H,24,27)(H,25,26)/t20-/m1/s1. The van der Waals surface area contributed by atoms with Crippen LogP contribution in [0, 0.1) is 11.8 Å². The number of carbonyl (C=O) groups is 2. The molecule has 2 aromatic carbocycles. The smallest absolute Gasteiger partial charge is 0.407 e. The molecular formula is C23H25NO5. The molecule has 1 fully saturated rings. The third-order valence-corrected chi connectivity index (χ3v) is 5.96. The van der Waals surface area contributed by atoms with E-state index in [1.165, 1.54) is 11.1 Å². The van der Waals surface area contributed by atoms with E-state index < -0.39 is 18.0 Å². The summed E-state index contributed by atoms with van der Waals surface area (Å²) >= 11 is 0. The SMILES string of the molecule is O=C(NC[C@@H](C(=O)O)C1CCOCC1)OCC1c2ccccc2-c2ccccc21. The normalized spacial score (nSPS) is 17.2. The molecule has 0 saturated carbocycles. The summed E-state index contributed by atoms with van der Waals surface area (Å²) in [5.41, 5.74) is 4.63. The average molecular weight is 395 g/mol. The van der Waals surface area contributed by atoms with Gasteiger partial charge >= 0.3 is 12.1 Å². The summed E-state index contributed by atoms with van der Waals surface area (Å²) in [5.74, 6) is -1.52. The van der Waals surface area contributed by atoms with Gasteiger partial charge in [0.1, 0.15) is 6.61 Å². The van der Waals surface area contributed by atoms with E-state index in [0.29, 0.717) is 26.1 Å². The number of hydrogen-bond donors (Lipinski definition) is 2. The van der Waals surface area contributed by atoms with Crippen LogP contribution in [0.5, 0.6) is 0 Å². The zero-order chi connectivity index (χ0) is 20.2. The molecule has 1 aliphatic heterocycles. The Kier molecular flexibility index (Phi) is 5.81. The van der Waals surface area contributed by atoms with Crippen molar-refractivity contribution in [3.05, 3.63) is 59.7 Å². The first-order chi connectivity index (χ1) is 14.1. The first-order valence-electron chi connectivity index (χ1n) is 10.0. The van der Waals surface area contributed by atoms with Crippen molar-refractivity contribution in [2.75, 3.05) is 26.4 Å². The van der Waals surface area contributed by atoms with Crippen molar-refractivity contribution in [2.24, 2.45) is 11.8 Å². The van der Waals surface area contributed by atoms with Crippen LogP contribution >= 0.6 is 0 Å². The van der Waals surface area contributed by atoms with Crippen molar-refractivity contribution in [1.29, 1.82) is 0 Å². The van der Waals surface area contributed by atoms with Crippen molar-refractivity contribution in [2.45, 2.75) is 18.8 Å². The third-order valence-electron chi connectivity index (χ3n) is 5.96. The lowest BCUT2D eigenvalue weighted by Gasteiger charge is -2.27. The monoisotopic (exact) mass is 395 g/mol. The molecule has 2 aromatic rings. The molecule has 1 atom stereocenters. The number of ether oxygens (including phenoxy) is 2. The van der Waals surface area contributed by atoms with Crippen molar-refractivity contribution in [3.8, 4) is 11.1 Å². The molecule has 6 nitrogen and oxygen atoms in total. The van der Waals surface area contributed by atoms with E-state index in [-0.39, 0.29) is 25.0 Å². The second-order valence-electron chi connectivity index (χ2n) is 7.60. The van der Waals surface area contributed by atoms with Crippen LogP contribution in [0.1, 0.15) is 29.9 Å². The molecule has 6 heteroatoms. The molecule has 1 heterocycles. The Morgan fingerprint density at radius 1 is 1.03 bits per heavy atom. The summed E-state index contributed by atoms with van der Waals surface area (Å²) in [7, 11) is 0. The molecule has 1 saturated heterocycles. The van der Waals surface area contributed by atoms with E-state index in [4.69, 9.17) is 9.47 Å². The number of carbonyl (C=O) groups excluding carboxylic acids is 1. The number of carboxylic acid groups (broad SMARTS) is 1. The Hall–Kier alpha value is -2.86. The highest BCUT2D eigenvalue weighted by Gasteiger charge is 2.31. The van der Waals surface area contributed by atoms with Gasteiger partial charge in [-0.1, -0.05) is 48.5 Å². The Morgan fingerprint density at radius 3 is 2.21 bits per heavy atom. The molecule has 29 heavy (non-hydrogen) atoms. The van der Waals surface area contributed by atoms with E-state index in [1.54, 1.807) is 0 Å². The molecule has 0 unspecified atom stereocenters. The molecule has 0 spiro atoms. The van der Waals surface area contributed by atoms with Crippen LogP contribution in [-0.4, -0.2) is 43.5 Å². The van der Waals surface area contributed by atoms with Gasteiger partial charge in [-0.25, -0.2) is 4.79 Å². The van der Waals surface area contributed by atoms with E-state index in [0.717, 1.165) is 11.1 Å². The minimum Gasteiger partial charge on any atom is -0.481 e. The van der Waals surface area contributed by atoms with Crippen LogP contribution in [0.2, 0.25) is 0 Å². The Labute approximate surface area is 169 Å². The van der Waals surface area contributed by atoms with Gasteiger partial charge in [-0.2, -0.15) is 0 Å². The molecule has 1 aliphatic carbocycles. The predicted molar refractivity (Wildman–Crippen MR) is 108 cm³/mol. The van der Waals surface area contributed by atoms with Gasteiger partial charge in [-0.05, 0) is 41.0 Å². The van der Waals surface area contributed by atoms with E-state index in [9.17, 15) is 14.7 Å². The fraction of sp³-hybridized carbons (Fsp3) is 0.391. The number of hydrogen-bond acceptors (Lipinski definition) is 4. The lowest BCUT2D eigenvalue weighted by molar-refractivity contribution is -0.144. The number of aliphatic carboxylic acids is 1. The Bertz CT molecular complexity index is 845. The number of rotatable bonds is 6. The quantitative estimate of drug-likeness (QED) is 0.780. The predicted octanol–water partition coefficient (Wildman–Crippen LogP) is 3.65. The topological polar surface area (TPSA) is 84.9 Å². The second kappa shape index (κ2) is 8.66. The molecule has 2 aliphatic rings. The highest BCUT2D eigenvalue weighted by Crippen LogP contribution is 2.44. The summed E-state index contributed by atoms with van der Waals surface area (Å²) in [4.78, 5) is 23.9. The number of nitrogens with one attached hydrogen (secondary N) is 1. The minimum atomic E-state index is -0.893. The van der Waals surface area contributed by atoms with Crippen LogP contribution in [0.4, 0.5) is 4.79 Å². The van der Waals surface area contributed by atoms with E-state index >= 15 is 0 Å². The molecule has 1 amide bonds. The molecule has 2 N–H and O–H groups in total. The van der Waals surface area contributed by atoms with Gasteiger partial charge in [0.2, 0.25) is 0 Å². The number of fused-ring (bicyclic) bond motifs is 3. The van der Waals surface area contributed by atoms with Gasteiger partial charge in [0, 0.05) is 25.7 Å². The zero-order valence-corrected chi connectivity index (χ0v) is 16.2. The average Bonchev–Trinajstić information content (AvgIpc) is 3.07. The van der Waals surface area contributed by atoms with Gasteiger partial charge in [-0.15, -0.1) is 0 Å². The summed E-state index contributed by atoms with van der Waals surface area (Å²) in [6, 6.07) is 16.3. The summed E-state index contributed by atoms with van der Waals surface area (Å²) in [5, 5.41) is 12.2. The summed E-state index contributed by atoms with van der Waals surface area (Å²) < 4.78 is 10.8. The second-order valence-corrected chi connectivity index (χ2v) is 7.60. The van der Waals surface area contributed by atoms with Crippen molar-refractivity contribution in [3.63, 3.8) is 0 Å². The summed E-state index contributed by atoms with van der Waals surface area (Å²) in [6.45, 7) is 1.42. The molecule has 0 bridgehead atoms.